The number of benzene rings is 2. The molecule has 2 aromatic carbocycles. The molecule has 0 heterocycles. The van der Waals surface area contributed by atoms with Gasteiger partial charge >= 0.3 is 0 Å². The lowest BCUT2D eigenvalue weighted by Crippen LogP contribution is -2.12. The van der Waals surface area contributed by atoms with Gasteiger partial charge in [-0.25, -0.2) is 0 Å². The summed E-state index contributed by atoms with van der Waals surface area (Å²) in [7, 11) is 0. The largest absolute Gasteiger partial charge is 0.321 e. The molecule has 0 aliphatic carbocycles. The molecule has 7 heteroatoms. The molecule has 0 saturated heterocycles. The number of hydrogen-bond donors (Lipinski definition) is 1. The Morgan fingerprint density at radius 3 is 2.43 bits per heavy atom. The Morgan fingerprint density at radius 2 is 1.90 bits per heavy atom. The summed E-state index contributed by atoms with van der Waals surface area (Å²) in [6.07, 6.45) is 0. The number of nitro groups is 1. The fourth-order valence-corrected chi connectivity index (χ4v) is 1.84. The molecule has 1 amide bonds. The number of nitriles is 1. The van der Waals surface area contributed by atoms with Crippen LogP contribution in [0, 0.1) is 21.4 Å². The van der Waals surface area contributed by atoms with Gasteiger partial charge < -0.3 is 5.32 Å². The van der Waals surface area contributed by atoms with Crippen LogP contribution >= 0.6 is 11.6 Å². The summed E-state index contributed by atoms with van der Waals surface area (Å²) in [5.74, 6) is -0.448. The van der Waals surface area contributed by atoms with Gasteiger partial charge in [-0.15, -0.1) is 0 Å². The van der Waals surface area contributed by atoms with Gasteiger partial charge in [0.15, 0.2) is 0 Å². The first-order valence-corrected chi connectivity index (χ1v) is 6.14. The van der Waals surface area contributed by atoms with Crippen LogP contribution < -0.4 is 5.32 Å². The maximum Gasteiger partial charge on any atom is 0.269 e. The maximum atomic E-state index is 12.0. The zero-order valence-electron chi connectivity index (χ0n) is 10.5. The van der Waals surface area contributed by atoms with E-state index < -0.39 is 10.8 Å². The normalized spacial score (nSPS) is 9.71. The number of anilines is 1. The second-order valence-electron chi connectivity index (χ2n) is 4.06. The average Bonchev–Trinajstić information content (AvgIpc) is 2.49. The van der Waals surface area contributed by atoms with Crippen molar-refractivity contribution in [1.82, 2.24) is 0 Å². The summed E-state index contributed by atoms with van der Waals surface area (Å²) < 4.78 is 0. The van der Waals surface area contributed by atoms with E-state index in [9.17, 15) is 14.9 Å². The van der Waals surface area contributed by atoms with Gasteiger partial charge in [0.25, 0.3) is 11.6 Å². The summed E-state index contributed by atoms with van der Waals surface area (Å²) in [6, 6.07) is 11.6. The van der Waals surface area contributed by atoms with Gasteiger partial charge in [0.05, 0.1) is 27.3 Å². The van der Waals surface area contributed by atoms with E-state index in [1.54, 1.807) is 0 Å². The van der Waals surface area contributed by atoms with Crippen LogP contribution in [0.3, 0.4) is 0 Å². The zero-order chi connectivity index (χ0) is 15.4. The highest BCUT2D eigenvalue weighted by atomic mass is 35.5. The topological polar surface area (TPSA) is 96.0 Å². The minimum Gasteiger partial charge on any atom is -0.321 e. The van der Waals surface area contributed by atoms with Crippen molar-refractivity contribution in [3.63, 3.8) is 0 Å². The second kappa shape index (κ2) is 6.03. The van der Waals surface area contributed by atoms with E-state index in [4.69, 9.17) is 16.9 Å². The fraction of sp³-hybridized carbons (Fsp3) is 0. The van der Waals surface area contributed by atoms with E-state index in [1.165, 1.54) is 42.5 Å². The highest BCUT2D eigenvalue weighted by molar-refractivity contribution is 6.34. The molecule has 0 radical (unpaired) electrons. The number of non-ortho nitro benzene ring substituents is 1. The number of nitrogens with zero attached hydrogens (tertiary/aromatic N) is 2. The van der Waals surface area contributed by atoms with Gasteiger partial charge in [-0.2, -0.15) is 5.26 Å². The number of hydrogen-bond acceptors (Lipinski definition) is 4. The van der Waals surface area contributed by atoms with E-state index in [2.05, 4.69) is 5.32 Å². The SMILES string of the molecule is N#Cc1ccc(NC(=O)c2ccc([N+](=O)[O-])cc2)c(Cl)c1. The third-order valence-corrected chi connectivity index (χ3v) is 3.00. The molecule has 0 saturated carbocycles. The summed E-state index contributed by atoms with van der Waals surface area (Å²) >= 11 is 5.95. The third-order valence-electron chi connectivity index (χ3n) is 2.69. The Balaban J connectivity index is 2.18. The van der Waals surface area contributed by atoms with Crippen LogP contribution in [0.4, 0.5) is 11.4 Å². The van der Waals surface area contributed by atoms with Crippen molar-refractivity contribution in [2.45, 2.75) is 0 Å². The first kappa shape index (κ1) is 14.5. The summed E-state index contributed by atoms with van der Waals surface area (Å²) in [4.78, 5) is 22.0. The number of halogens is 1. The Hall–Kier alpha value is -2.91. The highest BCUT2D eigenvalue weighted by Crippen LogP contribution is 2.23. The molecule has 0 unspecified atom stereocenters. The molecule has 2 aromatic rings. The second-order valence-corrected chi connectivity index (χ2v) is 4.47. The summed E-state index contributed by atoms with van der Waals surface area (Å²) in [5.41, 5.74) is 0.913. The summed E-state index contributed by atoms with van der Waals surface area (Å²) in [6.45, 7) is 0. The van der Waals surface area contributed by atoms with E-state index in [-0.39, 0.29) is 16.3 Å². The maximum absolute atomic E-state index is 12.0. The van der Waals surface area contributed by atoms with Gasteiger partial charge in [0.2, 0.25) is 0 Å². The molecular weight excluding hydrogens is 294 g/mol. The van der Waals surface area contributed by atoms with Gasteiger partial charge in [-0.05, 0) is 30.3 Å². The van der Waals surface area contributed by atoms with Gasteiger partial charge in [-0.1, -0.05) is 11.6 Å². The molecule has 0 fully saturated rings. The lowest BCUT2D eigenvalue weighted by molar-refractivity contribution is -0.384. The molecule has 0 spiro atoms. The third kappa shape index (κ3) is 3.35. The van der Waals surface area contributed by atoms with Crippen molar-refractivity contribution in [2.75, 3.05) is 5.32 Å². The molecule has 2 rings (SSSR count). The molecule has 0 atom stereocenters. The van der Waals surface area contributed by atoms with E-state index in [1.807, 2.05) is 6.07 Å². The van der Waals surface area contributed by atoms with E-state index in [0.29, 0.717) is 11.3 Å². The molecule has 0 aromatic heterocycles. The lowest BCUT2D eigenvalue weighted by atomic mass is 10.1. The number of amides is 1. The predicted octanol–water partition coefficient (Wildman–Crippen LogP) is 3.37. The minimum atomic E-state index is -0.542. The van der Waals surface area contributed by atoms with Crippen molar-refractivity contribution < 1.29 is 9.72 Å². The predicted molar refractivity (Wildman–Crippen MR) is 77.2 cm³/mol. The number of nitro benzene ring substituents is 1. The van der Waals surface area contributed by atoms with Crippen molar-refractivity contribution in [1.29, 1.82) is 5.26 Å². The van der Waals surface area contributed by atoms with Crippen LogP contribution in [0.25, 0.3) is 0 Å². The standard InChI is InChI=1S/C14H8ClN3O3/c15-12-7-9(8-16)1-6-13(12)17-14(19)10-2-4-11(5-3-10)18(20)21/h1-7H,(H,17,19). The molecule has 21 heavy (non-hydrogen) atoms. The van der Waals surface area contributed by atoms with Crippen LogP contribution in [-0.2, 0) is 0 Å². The van der Waals surface area contributed by atoms with Gasteiger partial charge in [0, 0.05) is 17.7 Å². The average molecular weight is 302 g/mol. The molecule has 0 bridgehead atoms. The van der Waals surface area contributed by atoms with Crippen LogP contribution in [0.5, 0.6) is 0 Å². The van der Waals surface area contributed by atoms with E-state index >= 15 is 0 Å². The Labute approximate surface area is 124 Å². The molecule has 6 nitrogen and oxygen atoms in total. The number of carbonyl (C=O) groups excluding carboxylic acids is 1. The Bertz CT molecular complexity index is 751. The van der Waals surface area contributed by atoms with Crippen LogP contribution in [0.15, 0.2) is 42.5 Å². The van der Waals surface area contributed by atoms with Crippen LogP contribution in [-0.4, -0.2) is 10.8 Å². The quantitative estimate of drug-likeness (QED) is 0.694. The lowest BCUT2D eigenvalue weighted by Gasteiger charge is -2.07. The smallest absolute Gasteiger partial charge is 0.269 e. The molecule has 104 valence electrons. The van der Waals surface area contributed by atoms with Crippen molar-refractivity contribution in [3.05, 3.63) is 68.7 Å². The van der Waals surface area contributed by atoms with Crippen molar-refractivity contribution >= 4 is 28.9 Å². The zero-order valence-corrected chi connectivity index (χ0v) is 11.3. The van der Waals surface area contributed by atoms with Gasteiger partial charge in [-0.3, -0.25) is 14.9 Å². The van der Waals surface area contributed by atoms with Crippen LogP contribution in [0.2, 0.25) is 5.02 Å². The minimum absolute atomic E-state index is 0.0945. The summed E-state index contributed by atoms with van der Waals surface area (Å²) in [5, 5.41) is 22.1. The Morgan fingerprint density at radius 1 is 1.24 bits per heavy atom. The first-order chi connectivity index (χ1) is 10.0. The van der Waals surface area contributed by atoms with Gasteiger partial charge in [0.1, 0.15) is 0 Å². The van der Waals surface area contributed by atoms with Crippen molar-refractivity contribution in [3.8, 4) is 6.07 Å². The Kier molecular flexibility index (Phi) is 4.16. The first-order valence-electron chi connectivity index (χ1n) is 5.76. The van der Waals surface area contributed by atoms with E-state index in [0.717, 1.165) is 0 Å². The molecular formula is C14H8ClN3O3. The number of nitrogens with one attached hydrogen (secondary N) is 1. The fourth-order valence-electron chi connectivity index (χ4n) is 1.62. The monoisotopic (exact) mass is 301 g/mol. The molecule has 0 aliphatic rings. The number of carbonyl (C=O) groups is 1. The van der Waals surface area contributed by atoms with Crippen molar-refractivity contribution in [2.24, 2.45) is 0 Å². The molecule has 0 aliphatic heterocycles. The van der Waals surface area contributed by atoms with Crippen LogP contribution in [0.1, 0.15) is 15.9 Å². The highest BCUT2D eigenvalue weighted by Gasteiger charge is 2.11. The number of rotatable bonds is 3. The molecule has 1 N–H and O–H groups in total.